The van der Waals surface area contributed by atoms with E-state index in [1.54, 1.807) is 7.11 Å². The van der Waals surface area contributed by atoms with Crippen molar-refractivity contribution in [2.45, 2.75) is 25.4 Å². The second kappa shape index (κ2) is 9.98. The zero-order valence-corrected chi connectivity index (χ0v) is 22.7. The van der Waals surface area contributed by atoms with Gasteiger partial charge in [-0.1, -0.05) is 60.1 Å². The smallest absolute Gasteiger partial charge is 0.150 e. The van der Waals surface area contributed by atoms with E-state index in [1.807, 2.05) is 24.3 Å². The molecule has 1 unspecified atom stereocenters. The number of rotatable bonds is 4. The summed E-state index contributed by atoms with van der Waals surface area (Å²) >= 11 is 6.47. The van der Waals surface area contributed by atoms with Crippen LogP contribution in [0.25, 0.3) is 33.2 Å². The van der Waals surface area contributed by atoms with Crippen LogP contribution in [0, 0.1) is 0 Å². The Kier molecular flexibility index (Phi) is 6.17. The second-order valence-electron chi connectivity index (χ2n) is 10.4. The van der Waals surface area contributed by atoms with Crippen LogP contribution in [-0.2, 0) is 0 Å². The molecule has 7 rings (SSSR count). The number of benzene rings is 5. The lowest BCUT2D eigenvalue weighted by atomic mass is 9.86. The van der Waals surface area contributed by atoms with E-state index in [0.29, 0.717) is 5.02 Å². The molecule has 194 valence electrons. The molecule has 39 heavy (non-hydrogen) atoms. The van der Waals surface area contributed by atoms with Crippen molar-refractivity contribution >= 4 is 50.5 Å². The minimum Gasteiger partial charge on any atom is -0.497 e. The fraction of sp³-hybridized carbons (Fsp3) is 0.200. The van der Waals surface area contributed by atoms with E-state index in [1.165, 1.54) is 41.3 Å². The molecule has 3 nitrogen and oxygen atoms in total. The number of methoxy groups -OCH3 is 1. The number of nitrogens with zero attached hydrogens (tertiary/aromatic N) is 1. The van der Waals surface area contributed by atoms with Gasteiger partial charge in [-0.25, -0.2) is 0 Å². The van der Waals surface area contributed by atoms with E-state index >= 15 is 0 Å². The van der Waals surface area contributed by atoms with E-state index in [0.717, 1.165) is 52.1 Å². The third-order valence-corrected chi connectivity index (χ3v) is 8.35. The summed E-state index contributed by atoms with van der Waals surface area (Å²) in [6.45, 7) is 2.23. The lowest BCUT2D eigenvalue weighted by molar-refractivity contribution is 0.262. The molecule has 0 bridgehead atoms. The summed E-state index contributed by atoms with van der Waals surface area (Å²) in [6, 6.07) is 31.8. The number of piperidine rings is 1. The summed E-state index contributed by atoms with van der Waals surface area (Å²) < 4.78 is 12.3. The van der Waals surface area contributed by atoms with Gasteiger partial charge in [0.1, 0.15) is 17.6 Å². The highest BCUT2D eigenvalue weighted by Crippen LogP contribution is 2.47. The highest BCUT2D eigenvalue weighted by atomic mass is 35.5. The summed E-state index contributed by atoms with van der Waals surface area (Å²) in [7, 11) is 1.70. The van der Waals surface area contributed by atoms with Crippen molar-refractivity contribution in [1.29, 1.82) is 0 Å². The van der Waals surface area contributed by atoms with Crippen LogP contribution in [0.1, 0.15) is 42.1 Å². The Morgan fingerprint density at radius 2 is 1.64 bits per heavy atom. The summed E-state index contributed by atoms with van der Waals surface area (Å²) in [5.74, 6) is 1.72. The van der Waals surface area contributed by atoms with E-state index in [4.69, 9.17) is 21.1 Å². The Morgan fingerprint density at radius 1 is 0.795 bits per heavy atom. The predicted octanol–water partition coefficient (Wildman–Crippen LogP) is 9.32. The molecule has 1 atom stereocenters. The first-order valence-corrected chi connectivity index (χ1v) is 14.1. The van der Waals surface area contributed by atoms with Gasteiger partial charge in [-0.2, -0.15) is 0 Å². The number of anilines is 1. The van der Waals surface area contributed by atoms with Crippen molar-refractivity contribution in [2.75, 3.05) is 25.1 Å². The highest BCUT2D eigenvalue weighted by molar-refractivity contribution is 6.30. The highest BCUT2D eigenvalue weighted by Gasteiger charge is 2.29. The molecule has 0 spiro atoms. The monoisotopic (exact) mass is 531 g/mol. The van der Waals surface area contributed by atoms with Gasteiger partial charge in [0.15, 0.2) is 0 Å². The van der Waals surface area contributed by atoms with Crippen LogP contribution in [0.4, 0.5) is 5.69 Å². The fourth-order valence-electron chi connectivity index (χ4n) is 6.19. The van der Waals surface area contributed by atoms with E-state index in [9.17, 15) is 0 Å². The van der Waals surface area contributed by atoms with Gasteiger partial charge in [-0.15, -0.1) is 0 Å². The zero-order valence-electron chi connectivity index (χ0n) is 22.0. The normalized spacial score (nSPS) is 17.0. The van der Waals surface area contributed by atoms with E-state index in [2.05, 4.69) is 77.7 Å². The lowest BCUT2D eigenvalue weighted by Crippen LogP contribution is -2.29. The standard InChI is InChI=1S/C35H30ClNO2/c1-38-26-13-14-27-23(21-26)12-17-34-31(27)22-32(35(39-34)24-8-7-9-25(36)20-24)29-15-16-33(37-18-5-2-6-19-37)30-11-4-3-10-28(29)30/h3-4,7-17,20-22,35H,2,5-6,18-19H2,1H3. The molecular formula is C35H30ClNO2. The molecule has 0 aliphatic carbocycles. The Morgan fingerprint density at radius 3 is 2.46 bits per heavy atom. The van der Waals surface area contributed by atoms with Gasteiger partial charge in [0.2, 0.25) is 0 Å². The van der Waals surface area contributed by atoms with E-state index in [-0.39, 0.29) is 6.10 Å². The molecule has 0 N–H and O–H groups in total. The van der Waals surface area contributed by atoms with Crippen molar-refractivity contribution < 1.29 is 9.47 Å². The van der Waals surface area contributed by atoms with Crippen molar-refractivity contribution in [2.24, 2.45) is 0 Å². The summed E-state index contributed by atoms with van der Waals surface area (Å²) in [5, 5.41) is 5.50. The third kappa shape index (κ3) is 4.31. The Hall–Kier alpha value is -3.95. The van der Waals surface area contributed by atoms with Crippen molar-refractivity contribution in [3.05, 3.63) is 113 Å². The van der Waals surface area contributed by atoms with Crippen LogP contribution in [0.5, 0.6) is 11.5 Å². The number of halogens is 1. The summed E-state index contributed by atoms with van der Waals surface area (Å²) in [4.78, 5) is 2.55. The molecule has 0 saturated carbocycles. The molecule has 2 heterocycles. The quantitative estimate of drug-likeness (QED) is 0.230. The van der Waals surface area contributed by atoms with Gasteiger partial charge in [0.05, 0.1) is 7.11 Å². The number of fused-ring (bicyclic) bond motifs is 4. The molecule has 0 amide bonds. The molecule has 0 radical (unpaired) electrons. The number of hydrogen-bond acceptors (Lipinski definition) is 3. The Labute approximate surface area is 234 Å². The van der Waals surface area contributed by atoms with Gasteiger partial charge in [0, 0.05) is 40.3 Å². The Balaban J connectivity index is 1.46. The van der Waals surface area contributed by atoms with Gasteiger partial charge in [0.25, 0.3) is 0 Å². The van der Waals surface area contributed by atoms with Crippen LogP contribution in [0.2, 0.25) is 5.02 Å². The van der Waals surface area contributed by atoms with Gasteiger partial charge in [-0.05, 0) is 95.1 Å². The Bertz CT molecular complexity index is 1730. The first kappa shape index (κ1) is 24.1. The minimum atomic E-state index is -0.281. The zero-order chi connectivity index (χ0) is 26.3. The van der Waals surface area contributed by atoms with Crippen LogP contribution < -0.4 is 14.4 Å². The van der Waals surface area contributed by atoms with Crippen LogP contribution in [0.3, 0.4) is 0 Å². The largest absolute Gasteiger partial charge is 0.497 e. The molecular weight excluding hydrogens is 502 g/mol. The number of hydrogen-bond donors (Lipinski definition) is 0. The van der Waals surface area contributed by atoms with Gasteiger partial charge < -0.3 is 14.4 Å². The maximum atomic E-state index is 6.83. The number of ether oxygens (including phenoxy) is 2. The molecule has 0 aromatic heterocycles. The summed E-state index contributed by atoms with van der Waals surface area (Å²) in [6.07, 6.45) is 5.86. The molecule has 2 aliphatic rings. The van der Waals surface area contributed by atoms with Crippen molar-refractivity contribution in [3.8, 4) is 11.5 Å². The molecule has 4 heteroatoms. The second-order valence-corrected chi connectivity index (χ2v) is 10.9. The third-order valence-electron chi connectivity index (χ3n) is 8.12. The van der Waals surface area contributed by atoms with E-state index < -0.39 is 0 Å². The maximum absolute atomic E-state index is 6.83. The van der Waals surface area contributed by atoms with Gasteiger partial charge in [-0.3, -0.25) is 0 Å². The topological polar surface area (TPSA) is 21.7 Å². The average molecular weight is 532 g/mol. The molecule has 2 aliphatic heterocycles. The predicted molar refractivity (Wildman–Crippen MR) is 163 cm³/mol. The SMILES string of the molecule is COc1ccc2c3c(ccc2c1)OC(c1cccc(Cl)c1)C(c1ccc(N2CCCCC2)c2ccccc12)=C3. The molecule has 1 saturated heterocycles. The first-order chi connectivity index (χ1) is 19.2. The minimum absolute atomic E-state index is 0.281. The van der Waals surface area contributed by atoms with Crippen molar-refractivity contribution in [1.82, 2.24) is 0 Å². The molecule has 5 aromatic carbocycles. The van der Waals surface area contributed by atoms with Crippen LogP contribution in [0.15, 0.2) is 91.0 Å². The molecule has 5 aromatic rings. The summed E-state index contributed by atoms with van der Waals surface area (Å²) in [5.41, 5.74) is 5.77. The molecule has 1 fully saturated rings. The lowest BCUT2D eigenvalue weighted by Gasteiger charge is -2.32. The van der Waals surface area contributed by atoms with Crippen LogP contribution >= 0.6 is 11.6 Å². The van der Waals surface area contributed by atoms with Crippen molar-refractivity contribution in [3.63, 3.8) is 0 Å². The maximum Gasteiger partial charge on any atom is 0.150 e. The van der Waals surface area contributed by atoms with Crippen LogP contribution in [-0.4, -0.2) is 20.2 Å². The first-order valence-electron chi connectivity index (χ1n) is 13.7. The average Bonchev–Trinajstić information content (AvgIpc) is 3.00. The van der Waals surface area contributed by atoms with Gasteiger partial charge >= 0.3 is 0 Å². The fourth-order valence-corrected chi connectivity index (χ4v) is 6.39.